The second-order valence-corrected chi connectivity index (χ2v) is 6.09. The fourth-order valence-corrected chi connectivity index (χ4v) is 3.10. The zero-order chi connectivity index (χ0) is 18.0. The maximum absolute atomic E-state index is 13.0. The SMILES string of the molecule is OC(CNc1nc(C(F)F)nc2ccccc12)c1c(Cl)cccc1Cl. The molecule has 1 heterocycles. The second-order valence-electron chi connectivity index (χ2n) is 5.28. The Balaban J connectivity index is 1.90. The molecule has 0 radical (unpaired) electrons. The van der Waals surface area contributed by atoms with Gasteiger partial charge in [-0.3, -0.25) is 0 Å². The zero-order valence-electron chi connectivity index (χ0n) is 12.8. The van der Waals surface area contributed by atoms with E-state index in [1.165, 1.54) is 0 Å². The number of rotatable bonds is 5. The Labute approximate surface area is 152 Å². The first-order valence-electron chi connectivity index (χ1n) is 7.38. The fourth-order valence-electron chi connectivity index (χ4n) is 2.45. The Kier molecular flexibility index (Phi) is 5.32. The number of alkyl halides is 2. The van der Waals surface area contributed by atoms with Crippen LogP contribution in [0.1, 0.15) is 23.9 Å². The number of para-hydroxylation sites is 1. The van der Waals surface area contributed by atoms with E-state index in [4.69, 9.17) is 23.2 Å². The smallest absolute Gasteiger partial charge is 0.297 e. The van der Waals surface area contributed by atoms with Crippen molar-refractivity contribution in [3.8, 4) is 0 Å². The van der Waals surface area contributed by atoms with Gasteiger partial charge in [0.25, 0.3) is 6.43 Å². The number of aliphatic hydroxyl groups excluding tert-OH is 1. The van der Waals surface area contributed by atoms with Gasteiger partial charge in [-0.15, -0.1) is 0 Å². The molecule has 0 aliphatic heterocycles. The number of nitrogens with one attached hydrogen (secondary N) is 1. The summed E-state index contributed by atoms with van der Waals surface area (Å²) < 4.78 is 26.0. The van der Waals surface area contributed by atoms with Gasteiger partial charge in [-0.1, -0.05) is 41.4 Å². The monoisotopic (exact) mass is 383 g/mol. The summed E-state index contributed by atoms with van der Waals surface area (Å²) in [5, 5.41) is 14.5. The quantitative estimate of drug-likeness (QED) is 0.649. The molecular weight excluding hydrogens is 371 g/mol. The highest BCUT2D eigenvalue weighted by Gasteiger charge is 2.18. The van der Waals surface area contributed by atoms with Crippen LogP contribution in [0.4, 0.5) is 14.6 Å². The summed E-state index contributed by atoms with van der Waals surface area (Å²) in [5.74, 6) is -0.366. The maximum Gasteiger partial charge on any atom is 0.297 e. The van der Waals surface area contributed by atoms with Gasteiger partial charge >= 0.3 is 0 Å². The lowest BCUT2D eigenvalue weighted by Gasteiger charge is -2.16. The minimum atomic E-state index is -2.80. The van der Waals surface area contributed by atoms with Crippen LogP contribution in [0.25, 0.3) is 10.9 Å². The molecule has 1 aromatic heterocycles. The zero-order valence-corrected chi connectivity index (χ0v) is 14.3. The molecule has 130 valence electrons. The van der Waals surface area contributed by atoms with Crippen molar-refractivity contribution in [3.05, 3.63) is 63.9 Å². The minimum absolute atomic E-state index is 0.00681. The maximum atomic E-state index is 13.0. The van der Waals surface area contributed by atoms with Crippen LogP contribution in [0.5, 0.6) is 0 Å². The minimum Gasteiger partial charge on any atom is -0.386 e. The van der Waals surface area contributed by atoms with Gasteiger partial charge in [0.2, 0.25) is 0 Å². The van der Waals surface area contributed by atoms with Crippen molar-refractivity contribution in [1.82, 2.24) is 9.97 Å². The normalized spacial score (nSPS) is 12.6. The lowest BCUT2D eigenvalue weighted by atomic mass is 10.1. The van der Waals surface area contributed by atoms with E-state index in [2.05, 4.69) is 15.3 Å². The van der Waals surface area contributed by atoms with Gasteiger partial charge in [0.1, 0.15) is 5.82 Å². The van der Waals surface area contributed by atoms with Crippen LogP contribution < -0.4 is 5.32 Å². The van der Waals surface area contributed by atoms with Crippen LogP contribution in [-0.2, 0) is 0 Å². The van der Waals surface area contributed by atoms with E-state index in [9.17, 15) is 13.9 Å². The van der Waals surface area contributed by atoms with Gasteiger partial charge in [-0.25, -0.2) is 18.7 Å². The lowest BCUT2D eigenvalue weighted by molar-refractivity contribution is 0.141. The topological polar surface area (TPSA) is 58.0 Å². The highest BCUT2D eigenvalue weighted by molar-refractivity contribution is 6.36. The first kappa shape index (κ1) is 17.8. The van der Waals surface area contributed by atoms with Crippen molar-refractivity contribution in [3.63, 3.8) is 0 Å². The van der Waals surface area contributed by atoms with Gasteiger partial charge in [0, 0.05) is 27.5 Å². The number of benzene rings is 2. The van der Waals surface area contributed by atoms with E-state index in [-0.39, 0.29) is 12.4 Å². The number of nitrogens with zero attached hydrogens (tertiary/aromatic N) is 2. The molecule has 3 rings (SSSR count). The molecule has 2 N–H and O–H groups in total. The number of hydrogen-bond acceptors (Lipinski definition) is 4. The summed E-state index contributed by atoms with van der Waals surface area (Å²) in [6.07, 6.45) is -3.84. The number of fused-ring (bicyclic) bond motifs is 1. The van der Waals surface area contributed by atoms with E-state index in [0.717, 1.165) is 0 Å². The molecule has 1 unspecified atom stereocenters. The van der Waals surface area contributed by atoms with Crippen molar-refractivity contribution >= 4 is 39.9 Å². The summed E-state index contributed by atoms with van der Waals surface area (Å²) >= 11 is 12.1. The fraction of sp³-hybridized carbons (Fsp3) is 0.176. The molecule has 0 amide bonds. The average Bonchev–Trinajstić information content (AvgIpc) is 2.59. The van der Waals surface area contributed by atoms with Crippen molar-refractivity contribution in [2.75, 3.05) is 11.9 Å². The molecule has 0 saturated carbocycles. The molecule has 3 aromatic rings. The van der Waals surface area contributed by atoms with Crippen molar-refractivity contribution in [1.29, 1.82) is 0 Å². The average molecular weight is 384 g/mol. The van der Waals surface area contributed by atoms with Crippen LogP contribution in [0, 0.1) is 0 Å². The van der Waals surface area contributed by atoms with Crippen LogP contribution in [0.2, 0.25) is 10.0 Å². The standard InChI is InChI=1S/C17H13Cl2F2N3O/c18-10-5-3-6-11(19)14(10)13(25)8-22-16-9-4-1-2-7-12(9)23-17(24-16)15(20)21/h1-7,13,15,25H,8H2,(H,22,23,24). The van der Waals surface area contributed by atoms with Gasteiger partial charge in [0.05, 0.1) is 11.6 Å². The first-order chi connectivity index (χ1) is 12.0. The lowest BCUT2D eigenvalue weighted by Crippen LogP contribution is -2.15. The van der Waals surface area contributed by atoms with Crippen LogP contribution >= 0.6 is 23.2 Å². The molecule has 25 heavy (non-hydrogen) atoms. The third kappa shape index (κ3) is 3.81. The van der Waals surface area contributed by atoms with Crippen LogP contribution in [0.15, 0.2) is 42.5 Å². The molecule has 2 aromatic carbocycles. The number of aliphatic hydroxyl groups is 1. The third-order valence-corrected chi connectivity index (χ3v) is 4.27. The number of aromatic nitrogens is 2. The van der Waals surface area contributed by atoms with E-state index in [1.807, 2.05) is 0 Å². The molecule has 0 spiro atoms. The molecule has 0 aliphatic rings. The first-order valence-corrected chi connectivity index (χ1v) is 8.13. The van der Waals surface area contributed by atoms with E-state index >= 15 is 0 Å². The predicted molar refractivity (Wildman–Crippen MR) is 94.4 cm³/mol. The van der Waals surface area contributed by atoms with Gasteiger partial charge < -0.3 is 10.4 Å². The molecule has 0 saturated heterocycles. The molecule has 0 fully saturated rings. The number of halogens is 4. The molecule has 1 atom stereocenters. The predicted octanol–water partition coefficient (Wildman–Crippen LogP) is 5.02. The number of anilines is 1. The highest BCUT2D eigenvalue weighted by Crippen LogP contribution is 2.31. The van der Waals surface area contributed by atoms with Gasteiger partial charge in [-0.2, -0.15) is 0 Å². The summed E-state index contributed by atoms with van der Waals surface area (Å²) in [7, 11) is 0. The van der Waals surface area contributed by atoms with Gasteiger partial charge in [-0.05, 0) is 24.3 Å². The highest BCUT2D eigenvalue weighted by atomic mass is 35.5. The van der Waals surface area contributed by atoms with Crippen molar-refractivity contribution in [2.24, 2.45) is 0 Å². The number of hydrogen-bond donors (Lipinski definition) is 2. The molecule has 0 bridgehead atoms. The summed E-state index contributed by atoms with van der Waals surface area (Å²) in [5.41, 5.74) is 0.756. The van der Waals surface area contributed by atoms with Crippen LogP contribution in [-0.4, -0.2) is 21.6 Å². The Morgan fingerprint density at radius 3 is 2.36 bits per heavy atom. The summed E-state index contributed by atoms with van der Waals surface area (Å²) in [6, 6.07) is 11.7. The van der Waals surface area contributed by atoms with E-state index in [0.29, 0.717) is 26.5 Å². The molecule has 8 heteroatoms. The largest absolute Gasteiger partial charge is 0.386 e. The van der Waals surface area contributed by atoms with Crippen molar-refractivity contribution < 1.29 is 13.9 Å². The van der Waals surface area contributed by atoms with Crippen molar-refractivity contribution in [2.45, 2.75) is 12.5 Å². The molecule has 0 aliphatic carbocycles. The van der Waals surface area contributed by atoms with E-state index in [1.54, 1.807) is 42.5 Å². The summed E-state index contributed by atoms with van der Waals surface area (Å²) in [6.45, 7) is -0.00681. The van der Waals surface area contributed by atoms with Crippen LogP contribution in [0.3, 0.4) is 0 Å². The third-order valence-electron chi connectivity index (χ3n) is 3.61. The van der Waals surface area contributed by atoms with Gasteiger partial charge in [0.15, 0.2) is 5.82 Å². The Hall–Kier alpha value is -2.02. The van der Waals surface area contributed by atoms with E-state index < -0.39 is 18.4 Å². The molecule has 4 nitrogen and oxygen atoms in total. The Morgan fingerprint density at radius 2 is 1.68 bits per heavy atom. The Bertz CT molecular complexity index is 888. The molecular formula is C17H13Cl2F2N3O. The second kappa shape index (κ2) is 7.47. The summed E-state index contributed by atoms with van der Waals surface area (Å²) in [4.78, 5) is 7.70. The Morgan fingerprint density at radius 1 is 1.00 bits per heavy atom.